The largest absolute Gasteiger partial charge is 0.491 e. The Hall–Kier alpha value is -6.42. The molecule has 0 saturated heterocycles. The quantitative estimate of drug-likeness (QED) is 0.0260. The summed E-state index contributed by atoms with van der Waals surface area (Å²) in [7, 11) is 12.0. The first kappa shape index (κ1) is 69.1. The number of hydrogen-bond acceptors (Lipinski definition) is 9. The molecule has 0 saturated carbocycles. The molecule has 1 atom stereocenters. The van der Waals surface area contributed by atoms with Gasteiger partial charge in [-0.3, -0.25) is 14.4 Å². The number of unbranched alkanes of at least 4 members (excludes halogenated alkanes) is 15. The highest BCUT2D eigenvalue weighted by molar-refractivity contribution is 8.08. The normalized spacial score (nSPS) is 12.0. The molecule has 0 aromatic heterocycles. The first-order chi connectivity index (χ1) is 40.3. The van der Waals surface area contributed by atoms with Gasteiger partial charge < -0.3 is 24.5 Å². The second-order valence-electron chi connectivity index (χ2n) is 22.5. The molecule has 448 valence electrons. The summed E-state index contributed by atoms with van der Waals surface area (Å²) in [4.78, 5) is 40.7. The van der Waals surface area contributed by atoms with Crippen molar-refractivity contribution < 1.29 is 24.2 Å². The number of carbonyl (C=O) groups is 3. The van der Waals surface area contributed by atoms with Crippen LogP contribution in [0.25, 0.3) is 10.7 Å². The van der Waals surface area contributed by atoms with E-state index in [1.165, 1.54) is 160 Å². The van der Waals surface area contributed by atoms with Gasteiger partial charge in [0.2, 0.25) is 0 Å². The number of Topliss-reactive ketones (excluding diaryl/α,β-unsaturated/α-hetero) is 1. The molecule has 0 radical (unpaired) electrons. The smallest absolute Gasteiger partial charge is 0.195 e. The maximum Gasteiger partial charge on any atom is 0.195 e. The third-order valence-electron chi connectivity index (χ3n) is 15.0. The van der Waals surface area contributed by atoms with E-state index >= 15 is 0 Å². The Morgan fingerprint density at radius 2 is 0.795 bits per heavy atom. The topological polar surface area (TPSA) is 90.4 Å². The number of aliphatic hydroxyl groups is 1. The molecule has 6 aromatic rings. The van der Waals surface area contributed by atoms with Crippen molar-refractivity contribution in [2.45, 2.75) is 162 Å². The zero-order valence-corrected chi connectivity index (χ0v) is 53.0. The van der Waals surface area contributed by atoms with Crippen molar-refractivity contribution in [3.8, 4) is 0 Å². The highest BCUT2D eigenvalue weighted by Crippen LogP contribution is 2.40. The summed E-state index contributed by atoms with van der Waals surface area (Å²) in [6.45, 7) is 7.53. The highest BCUT2D eigenvalue weighted by Gasteiger charge is 2.20. The summed E-state index contributed by atoms with van der Waals surface area (Å²) >= 11 is 1.90. The van der Waals surface area contributed by atoms with Crippen LogP contribution < -0.4 is 14.7 Å². The van der Waals surface area contributed by atoms with Crippen molar-refractivity contribution in [1.82, 2.24) is 0 Å². The van der Waals surface area contributed by atoms with Crippen LogP contribution in [-0.2, 0) is 24.0 Å². The van der Waals surface area contributed by atoms with Gasteiger partial charge in [0.1, 0.15) is 24.4 Å². The Morgan fingerprint density at radius 3 is 1.19 bits per heavy atom. The van der Waals surface area contributed by atoms with Crippen LogP contribution in [0.15, 0.2) is 146 Å². The number of thioether (sulfide) groups is 1. The molecule has 7 rings (SSSR count). The molecule has 1 unspecified atom stereocenters. The van der Waals surface area contributed by atoms with Crippen LogP contribution in [0.1, 0.15) is 207 Å². The van der Waals surface area contributed by atoms with Crippen molar-refractivity contribution in [2.24, 2.45) is 0 Å². The molecule has 0 fully saturated rings. The van der Waals surface area contributed by atoms with E-state index in [9.17, 15) is 19.5 Å². The fourth-order valence-corrected chi connectivity index (χ4v) is 10.6. The van der Waals surface area contributed by atoms with Gasteiger partial charge in [-0.2, -0.15) is 0 Å². The van der Waals surface area contributed by atoms with Crippen molar-refractivity contribution in [3.05, 3.63) is 196 Å². The number of hydrogen-bond donors (Lipinski definition) is 1. The van der Waals surface area contributed by atoms with Crippen molar-refractivity contribution in [3.63, 3.8) is 0 Å². The predicted octanol–water partition coefficient (Wildman–Crippen LogP) is 18.8. The standard InChI is InChI=1S/C26H35NOS.C24H33NO2.C15H22O.C9H11NO/c1-4-5-6-7-8-9-10-21-11-13-22(14-12-21)25-26(29-20-19-28-25)23-15-17-24(18-16-23)27(2)3;1-4-5-6-7-8-9-10-19-11-13-20(14-12-19)23(26)24(27)21-15-17-22(18-16-21)25(2)3;1-2-3-4-5-6-7-8-14-9-11-15(13-16)12-10-14;1-10(2)9-5-3-8(7-11)4-6-9/h11-18H,4-10,19-20H2,1-3H3;11-18,23,26H,4-10H2,1-3H3;9-13H,2-8H2,1H3;3-7H,1-2H3. The predicted molar refractivity (Wildman–Crippen MR) is 358 cm³/mol. The van der Waals surface area contributed by atoms with Gasteiger partial charge in [-0.15, -0.1) is 11.8 Å². The van der Waals surface area contributed by atoms with Gasteiger partial charge in [-0.05, 0) is 127 Å². The zero-order valence-electron chi connectivity index (χ0n) is 52.2. The highest BCUT2D eigenvalue weighted by atomic mass is 32.2. The molecule has 1 N–H and O–H groups in total. The number of aryl methyl sites for hydroxylation is 3. The van der Waals surface area contributed by atoms with Crippen molar-refractivity contribution in [1.29, 1.82) is 0 Å². The lowest BCUT2D eigenvalue weighted by Crippen LogP contribution is -2.13. The number of ketones is 1. The summed E-state index contributed by atoms with van der Waals surface area (Å²) in [5, 5.41) is 10.4. The van der Waals surface area contributed by atoms with Crippen molar-refractivity contribution >= 4 is 57.8 Å². The van der Waals surface area contributed by atoms with Gasteiger partial charge in [0, 0.05) is 87.4 Å². The molecule has 1 aliphatic rings. The summed E-state index contributed by atoms with van der Waals surface area (Å²) in [6.07, 6.45) is 27.8. The minimum absolute atomic E-state index is 0.260. The number of nitrogens with zero attached hydrogens (tertiary/aromatic N) is 3. The number of rotatable bonds is 31. The van der Waals surface area contributed by atoms with E-state index < -0.39 is 6.10 Å². The summed E-state index contributed by atoms with van der Waals surface area (Å²) in [5.74, 6) is 1.78. The third-order valence-corrected chi connectivity index (χ3v) is 16.1. The Bertz CT molecular complexity index is 2720. The Labute approximate surface area is 506 Å². The SMILES string of the molecule is CCCCCCCCc1ccc(C(O)C(=O)c2ccc(N(C)C)cc2)cc1.CCCCCCCCc1ccc(C2=C(c3ccc(N(C)C)cc3)SCCO2)cc1.CCCCCCCCc1ccc(C=O)cc1.CN(C)c1ccc(C=O)cc1. The monoisotopic (exact) mass is 1140 g/mol. The molecule has 9 heteroatoms. The van der Waals surface area contributed by atoms with Crippen molar-refractivity contribution in [2.75, 3.05) is 69.3 Å². The van der Waals surface area contributed by atoms with Gasteiger partial charge in [-0.1, -0.05) is 202 Å². The first-order valence-electron chi connectivity index (χ1n) is 31.0. The van der Waals surface area contributed by atoms with Gasteiger partial charge in [-0.25, -0.2) is 0 Å². The number of aldehydes is 2. The molecule has 8 nitrogen and oxygen atoms in total. The molecule has 0 spiro atoms. The van der Waals surface area contributed by atoms with Crippen LogP contribution in [0.5, 0.6) is 0 Å². The van der Waals surface area contributed by atoms with Gasteiger partial charge >= 0.3 is 0 Å². The Balaban J connectivity index is 0.000000252. The second-order valence-corrected chi connectivity index (χ2v) is 23.6. The van der Waals surface area contributed by atoms with E-state index in [4.69, 9.17) is 4.74 Å². The zero-order chi connectivity index (χ0) is 60.0. The molecule has 0 amide bonds. The molecule has 0 aliphatic carbocycles. The summed E-state index contributed by atoms with van der Waals surface area (Å²) in [6, 6.07) is 48.4. The number of carbonyl (C=O) groups excluding carboxylic acids is 3. The van der Waals surface area contributed by atoms with E-state index in [2.05, 4.69) is 100 Å². The van der Waals surface area contributed by atoms with Crippen LogP contribution in [0.4, 0.5) is 17.1 Å². The van der Waals surface area contributed by atoms with E-state index in [-0.39, 0.29) is 5.78 Å². The average molecular weight is 1140 g/mol. The summed E-state index contributed by atoms with van der Waals surface area (Å²) < 4.78 is 6.13. The van der Waals surface area contributed by atoms with Crippen LogP contribution in [0.3, 0.4) is 0 Å². The molecule has 0 bridgehead atoms. The lowest BCUT2D eigenvalue weighted by Gasteiger charge is -2.22. The molecule has 6 aromatic carbocycles. The van der Waals surface area contributed by atoms with E-state index in [1.54, 1.807) is 12.1 Å². The molecular formula is C74H101N3O5S. The maximum absolute atomic E-state index is 12.5. The fraction of sp³-hybridized carbons (Fsp3) is 0.446. The second kappa shape index (κ2) is 40.7. The Morgan fingerprint density at radius 1 is 0.458 bits per heavy atom. The lowest BCUT2D eigenvalue weighted by molar-refractivity contribution is 0.0747. The van der Waals surface area contributed by atoms with Gasteiger partial charge in [0.15, 0.2) is 5.78 Å². The van der Waals surface area contributed by atoms with Crippen LogP contribution >= 0.6 is 11.8 Å². The molecule has 1 aliphatic heterocycles. The minimum atomic E-state index is -1.11. The number of benzene rings is 6. The van der Waals surface area contributed by atoms with E-state index in [0.717, 1.165) is 66.0 Å². The van der Waals surface area contributed by atoms with Crippen LogP contribution in [0, 0.1) is 0 Å². The molecular weight excluding hydrogens is 1040 g/mol. The van der Waals surface area contributed by atoms with Crippen LogP contribution in [0.2, 0.25) is 0 Å². The third kappa shape index (κ3) is 26.4. The Kier molecular flexibility index (Phi) is 33.9. The average Bonchev–Trinajstić information content (AvgIpc) is 3.59. The maximum atomic E-state index is 12.5. The number of ether oxygens (including phenoxy) is 1. The molecule has 83 heavy (non-hydrogen) atoms. The number of anilines is 3. The fourth-order valence-electron chi connectivity index (χ4n) is 9.62. The van der Waals surface area contributed by atoms with Crippen LogP contribution in [-0.4, -0.2) is 78.1 Å². The first-order valence-corrected chi connectivity index (χ1v) is 32.0. The summed E-state index contributed by atoms with van der Waals surface area (Å²) in [5.41, 5.74) is 12.5. The van der Waals surface area contributed by atoms with E-state index in [1.807, 2.05) is 123 Å². The number of aliphatic hydroxyl groups excluding tert-OH is 1. The van der Waals surface area contributed by atoms with Gasteiger partial charge in [0.25, 0.3) is 0 Å². The minimum Gasteiger partial charge on any atom is -0.491 e. The lowest BCUT2D eigenvalue weighted by atomic mass is 9.97. The molecule has 1 heterocycles. The van der Waals surface area contributed by atoms with Gasteiger partial charge in [0.05, 0.1) is 11.5 Å². The van der Waals surface area contributed by atoms with E-state index in [0.29, 0.717) is 11.1 Å².